The van der Waals surface area contributed by atoms with E-state index in [-0.39, 0.29) is 11.7 Å². The zero-order valence-corrected chi connectivity index (χ0v) is 13.5. The summed E-state index contributed by atoms with van der Waals surface area (Å²) >= 11 is 0. The van der Waals surface area contributed by atoms with Crippen LogP contribution in [0.15, 0.2) is 48.7 Å². The fraction of sp³-hybridized carbons (Fsp3) is 0.167. The van der Waals surface area contributed by atoms with Crippen LogP contribution in [0.25, 0.3) is 11.3 Å². The zero-order valence-electron chi connectivity index (χ0n) is 13.5. The minimum Gasteiger partial charge on any atom is -0.346 e. The van der Waals surface area contributed by atoms with E-state index in [1.165, 1.54) is 12.1 Å². The van der Waals surface area contributed by atoms with Crippen LogP contribution >= 0.6 is 0 Å². The molecule has 1 amide bonds. The van der Waals surface area contributed by atoms with E-state index in [1.54, 1.807) is 35.9 Å². The molecule has 1 aromatic carbocycles. The molecule has 0 unspecified atom stereocenters. The number of nitrogens with zero attached hydrogens (tertiary/aromatic N) is 3. The largest absolute Gasteiger partial charge is 0.346 e. The quantitative estimate of drug-likeness (QED) is 0.803. The van der Waals surface area contributed by atoms with E-state index < -0.39 is 0 Å². The Kier molecular flexibility index (Phi) is 4.37. The van der Waals surface area contributed by atoms with Gasteiger partial charge in [-0.2, -0.15) is 5.10 Å². The van der Waals surface area contributed by atoms with Crippen LogP contribution in [0.5, 0.6) is 0 Å². The predicted octanol–water partition coefficient (Wildman–Crippen LogP) is 2.86. The van der Waals surface area contributed by atoms with Gasteiger partial charge in [0.15, 0.2) is 0 Å². The zero-order chi connectivity index (χ0) is 17.1. The number of hydrogen-bond donors (Lipinski definition) is 1. The Balaban J connectivity index is 1.74. The molecule has 0 radical (unpaired) electrons. The predicted molar refractivity (Wildman–Crippen MR) is 88.7 cm³/mol. The summed E-state index contributed by atoms with van der Waals surface area (Å²) in [5.41, 5.74) is 3.43. The molecule has 5 nitrogen and oxygen atoms in total. The number of benzene rings is 1. The summed E-state index contributed by atoms with van der Waals surface area (Å²) in [5, 5.41) is 7.05. The number of aryl methyl sites for hydroxylation is 2. The third-order valence-electron chi connectivity index (χ3n) is 3.67. The molecule has 122 valence electrons. The van der Waals surface area contributed by atoms with Crippen molar-refractivity contribution < 1.29 is 9.18 Å². The van der Waals surface area contributed by atoms with Crippen molar-refractivity contribution in [1.82, 2.24) is 20.1 Å². The number of pyridine rings is 1. The fourth-order valence-electron chi connectivity index (χ4n) is 2.41. The first-order valence-corrected chi connectivity index (χ1v) is 7.53. The molecule has 2 heterocycles. The topological polar surface area (TPSA) is 59.8 Å². The lowest BCUT2D eigenvalue weighted by atomic mass is 10.1. The molecule has 0 aliphatic carbocycles. The maximum atomic E-state index is 13.0. The number of hydrogen-bond acceptors (Lipinski definition) is 3. The third kappa shape index (κ3) is 3.48. The summed E-state index contributed by atoms with van der Waals surface area (Å²) in [6, 6.07) is 11.4. The SMILES string of the molecule is Cc1nc(-c2ccc(F)cc2)ccc1C(=O)NCc1ccn(C)n1. The smallest absolute Gasteiger partial charge is 0.253 e. The van der Waals surface area contributed by atoms with Crippen LogP contribution in [0.2, 0.25) is 0 Å². The average molecular weight is 324 g/mol. The van der Waals surface area contributed by atoms with E-state index in [0.29, 0.717) is 23.5 Å². The second-order valence-electron chi connectivity index (χ2n) is 5.50. The Morgan fingerprint density at radius 1 is 1.17 bits per heavy atom. The van der Waals surface area contributed by atoms with Gasteiger partial charge in [0.25, 0.3) is 5.91 Å². The average Bonchev–Trinajstić information content (AvgIpc) is 2.99. The van der Waals surface area contributed by atoms with Crippen LogP contribution in [-0.2, 0) is 13.6 Å². The van der Waals surface area contributed by atoms with Gasteiger partial charge in [0.1, 0.15) is 5.82 Å². The molecule has 24 heavy (non-hydrogen) atoms. The Hall–Kier alpha value is -3.02. The van der Waals surface area contributed by atoms with Gasteiger partial charge in [-0.15, -0.1) is 0 Å². The summed E-state index contributed by atoms with van der Waals surface area (Å²) < 4.78 is 14.7. The van der Waals surface area contributed by atoms with E-state index in [0.717, 1.165) is 11.3 Å². The normalized spacial score (nSPS) is 10.6. The Morgan fingerprint density at radius 3 is 2.54 bits per heavy atom. The van der Waals surface area contributed by atoms with Crippen molar-refractivity contribution >= 4 is 5.91 Å². The van der Waals surface area contributed by atoms with Crippen molar-refractivity contribution in [3.63, 3.8) is 0 Å². The molecule has 3 aromatic rings. The van der Waals surface area contributed by atoms with Crippen molar-refractivity contribution in [2.75, 3.05) is 0 Å². The van der Waals surface area contributed by atoms with Crippen molar-refractivity contribution in [3.8, 4) is 11.3 Å². The van der Waals surface area contributed by atoms with Crippen LogP contribution in [0, 0.1) is 12.7 Å². The number of nitrogens with one attached hydrogen (secondary N) is 1. The Bertz CT molecular complexity index is 871. The van der Waals surface area contributed by atoms with Crippen molar-refractivity contribution in [3.05, 3.63) is 71.4 Å². The van der Waals surface area contributed by atoms with Crippen LogP contribution in [0.4, 0.5) is 4.39 Å². The van der Waals surface area contributed by atoms with Gasteiger partial charge in [-0.1, -0.05) is 0 Å². The molecular formula is C18H17FN4O. The molecule has 6 heteroatoms. The molecule has 0 saturated carbocycles. The summed E-state index contributed by atoms with van der Waals surface area (Å²) in [4.78, 5) is 16.8. The Morgan fingerprint density at radius 2 is 1.92 bits per heavy atom. The van der Waals surface area contributed by atoms with Crippen LogP contribution in [0.1, 0.15) is 21.7 Å². The van der Waals surface area contributed by atoms with Crippen LogP contribution < -0.4 is 5.32 Å². The van der Waals surface area contributed by atoms with Crippen molar-refractivity contribution in [1.29, 1.82) is 0 Å². The van der Waals surface area contributed by atoms with E-state index in [4.69, 9.17) is 0 Å². The lowest BCUT2D eigenvalue weighted by Crippen LogP contribution is -2.24. The molecule has 2 aromatic heterocycles. The molecule has 0 spiro atoms. The molecule has 0 aliphatic rings. The van der Waals surface area contributed by atoms with Crippen LogP contribution in [-0.4, -0.2) is 20.7 Å². The lowest BCUT2D eigenvalue weighted by Gasteiger charge is -2.08. The number of rotatable bonds is 4. The second kappa shape index (κ2) is 6.62. The van der Waals surface area contributed by atoms with Crippen molar-refractivity contribution in [2.24, 2.45) is 7.05 Å². The first-order valence-electron chi connectivity index (χ1n) is 7.53. The summed E-state index contributed by atoms with van der Waals surface area (Å²) in [7, 11) is 1.83. The highest BCUT2D eigenvalue weighted by Crippen LogP contribution is 2.19. The monoisotopic (exact) mass is 324 g/mol. The number of halogens is 1. The van der Waals surface area contributed by atoms with Crippen LogP contribution in [0.3, 0.4) is 0 Å². The number of aromatic nitrogens is 3. The highest BCUT2D eigenvalue weighted by atomic mass is 19.1. The maximum Gasteiger partial charge on any atom is 0.253 e. The first kappa shape index (κ1) is 15.9. The molecular weight excluding hydrogens is 307 g/mol. The minimum atomic E-state index is -0.291. The Labute approximate surface area is 139 Å². The highest BCUT2D eigenvalue weighted by molar-refractivity contribution is 5.95. The molecule has 0 aliphatic heterocycles. The van der Waals surface area contributed by atoms with E-state index in [1.807, 2.05) is 19.3 Å². The van der Waals surface area contributed by atoms with Gasteiger partial charge in [0.2, 0.25) is 0 Å². The number of carbonyl (C=O) groups excluding carboxylic acids is 1. The molecule has 0 atom stereocenters. The van der Waals surface area contributed by atoms with Crippen molar-refractivity contribution in [2.45, 2.75) is 13.5 Å². The van der Waals surface area contributed by atoms with E-state index in [9.17, 15) is 9.18 Å². The molecule has 0 fully saturated rings. The van der Waals surface area contributed by atoms with Gasteiger partial charge in [-0.05, 0) is 49.4 Å². The molecule has 3 rings (SSSR count). The van der Waals surface area contributed by atoms with Gasteiger partial charge >= 0.3 is 0 Å². The minimum absolute atomic E-state index is 0.198. The molecule has 0 bridgehead atoms. The third-order valence-corrected chi connectivity index (χ3v) is 3.67. The van der Waals surface area contributed by atoms with Gasteiger partial charge in [0, 0.05) is 18.8 Å². The first-order chi connectivity index (χ1) is 11.5. The fourth-order valence-corrected chi connectivity index (χ4v) is 2.41. The second-order valence-corrected chi connectivity index (χ2v) is 5.50. The van der Waals surface area contributed by atoms with Gasteiger partial charge in [-0.3, -0.25) is 14.5 Å². The summed E-state index contributed by atoms with van der Waals surface area (Å²) in [5.74, 6) is -0.489. The number of amides is 1. The van der Waals surface area contributed by atoms with Gasteiger partial charge in [-0.25, -0.2) is 4.39 Å². The maximum absolute atomic E-state index is 13.0. The molecule has 0 saturated heterocycles. The highest BCUT2D eigenvalue weighted by Gasteiger charge is 2.12. The van der Waals surface area contributed by atoms with E-state index in [2.05, 4.69) is 15.4 Å². The molecule has 1 N–H and O–H groups in total. The van der Waals surface area contributed by atoms with E-state index >= 15 is 0 Å². The standard InChI is InChI=1S/C18H17FN4O/c1-12-16(18(24)20-11-15-9-10-23(2)22-15)7-8-17(21-12)13-3-5-14(19)6-4-13/h3-10H,11H2,1-2H3,(H,20,24). The summed E-state index contributed by atoms with van der Waals surface area (Å²) in [6.07, 6.45) is 1.83. The van der Waals surface area contributed by atoms with Gasteiger partial charge < -0.3 is 5.32 Å². The summed E-state index contributed by atoms with van der Waals surface area (Å²) in [6.45, 7) is 2.14. The number of carbonyl (C=O) groups is 1. The lowest BCUT2D eigenvalue weighted by molar-refractivity contribution is 0.0949. The van der Waals surface area contributed by atoms with Gasteiger partial charge in [0.05, 0.1) is 29.2 Å².